The molecule has 0 bridgehead atoms. The number of aromatic nitrogens is 1. The molecule has 1 aromatic rings. The molecule has 20 heavy (non-hydrogen) atoms. The summed E-state index contributed by atoms with van der Waals surface area (Å²) in [7, 11) is 0. The molecule has 0 fully saturated rings. The van der Waals surface area contributed by atoms with Crippen LogP contribution >= 0.6 is 11.6 Å². The summed E-state index contributed by atoms with van der Waals surface area (Å²) in [5.41, 5.74) is 2.67. The van der Waals surface area contributed by atoms with Crippen LogP contribution in [0.15, 0.2) is 12.1 Å². The number of carbonyl (C=O) groups excluding carboxylic acids is 1. The molecule has 112 valence electrons. The van der Waals surface area contributed by atoms with E-state index in [1.165, 1.54) is 0 Å². The minimum atomic E-state index is -0.158. The molecule has 0 atom stereocenters. The Balaban J connectivity index is 3.04. The molecule has 1 rings (SSSR count). The van der Waals surface area contributed by atoms with Gasteiger partial charge in [-0.25, -0.2) is 10.8 Å². The summed E-state index contributed by atoms with van der Waals surface area (Å²) >= 11 is 6.09. The van der Waals surface area contributed by atoms with Crippen LogP contribution in [-0.2, 0) is 0 Å². The quantitative estimate of drug-likeness (QED) is 0.626. The predicted octanol–water partition coefficient (Wildman–Crippen LogP) is 2.77. The highest BCUT2D eigenvalue weighted by Gasteiger charge is 2.22. The van der Waals surface area contributed by atoms with Gasteiger partial charge in [-0.05, 0) is 24.0 Å². The lowest BCUT2D eigenvalue weighted by atomic mass is 10.1. The molecular formula is C14H23ClN4O. The Bertz CT molecular complexity index is 452. The second-order valence-corrected chi connectivity index (χ2v) is 6.08. The first-order valence-corrected chi connectivity index (χ1v) is 7.15. The van der Waals surface area contributed by atoms with Gasteiger partial charge in [-0.15, -0.1) is 0 Å². The number of pyridine rings is 1. The van der Waals surface area contributed by atoms with Gasteiger partial charge >= 0.3 is 0 Å². The van der Waals surface area contributed by atoms with Crippen LogP contribution in [0.4, 0.5) is 5.82 Å². The van der Waals surface area contributed by atoms with Gasteiger partial charge in [0.1, 0.15) is 11.5 Å². The van der Waals surface area contributed by atoms with E-state index in [1.54, 1.807) is 17.0 Å². The molecule has 6 heteroatoms. The van der Waals surface area contributed by atoms with E-state index >= 15 is 0 Å². The molecule has 5 nitrogen and oxygen atoms in total. The van der Waals surface area contributed by atoms with Crippen molar-refractivity contribution in [3.8, 4) is 0 Å². The van der Waals surface area contributed by atoms with Crippen LogP contribution in [0, 0.1) is 11.8 Å². The lowest BCUT2D eigenvalue weighted by Gasteiger charge is -2.26. The SMILES string of the molecule is CC(C)CN(CC(C)C)C(=O)c1nc(NN)ccc1Cl. The van der Waals surface area contributed by atoms with E-state index < -0.39 is 0 Å². The van der Waals surface area contributed by atoms with Crippen molar-refractivity contribution in [2.24, 2.45) is 17.7 Å². The molecule has 0 aliphatic rings. The third-order valence-corrected chi connectivity index (χ3v) is 2.96. The molecule has 1 aromatic heterocycles. The van der Waals surface area contributed by atoms with Gasteiger partial charge in [0.25, 0.3) is 5.91 Å². The van der Waals surface area contributed by atoms with Gasteiger partial charge in [-0.2, -0.15) is 0 Å². The van der Waals surface area contributed by atoms with Crippen molar-refractivity contribution in [1.29, 1.82) is 0 Å². The lowest BCUT2D eigenvalue weighted by molar-refractivity contribution is 0.0709. The summed E-state index contributed by atoms with van der Waals surface area (Å²) in [5.74, 6) is 6.35. The second-order valence-electron chi connectivity index (χ2n) is 5.67. The molecule has 0 spiro atoms. The summed E-state index contributed by atoms with van der Waals surface area (Å²) in [6.45, 7) is 9.66. The number of nitrogens with two attached hydrogens (primary N) is 1. The summed E-state index contributed by atoms with van der Waals surface area (Å²) < 4.78 is 0. The zero-order valence-corrected chi connectivity index (χ0v) is 13.2. The normalized spacial score (nSPS) is 11.0. The average Bonchev–Trinajstić information content (AvgIpc) is 2.36. The lowest BCUT2D eigenvalue weighted by Crippen LogP contribution is -2.37. The van der Waals surface area contributed by atoms with Crippen molar-refractivity contribution in [3.05, 3.63) is 22.8 Å². The Morgan fingerprint density at radius 2 is 1.85 bits per heavy atom. The van der Waals surface area contributed by atoms with E-state index in [4.69, 9.17) is 17.4 Å². The molecule has 0 saturated heterocycles. The molecule has 0 unspecified atom stereocenters. The van der Waals surface area contributed by atoms with Gasteiger partial charge in [-0.1, -0.05) is 39.3 Å². The van der Waals surface area contributed by atoms with Crippen molar-refractivity contribution in [1.82, 2.24) is 9.88 Å². The number of nitrogens with one attached hydrogen (secondary N) is 1. The molecule has 1 heterocycles. The van der Waals surface area contributed by atoms with E-state index in [-0.39, 0.29) is 11.6 Å². The molecule has 0 aliphatic carbocycles. The second kappa shape index (κ2) is 7.45. The fraction of sp³-hybridized carbons (Fsp3) is 0.571. The highest BCUT2D eigenvalue weighted by atomic mass is 35.5. The highest BCUT2D eigenvalue weighted by Crippen LogP contribution is 2.19. The van der Waals surface area contributed by atoms with E-state index in [1.807, 2.05) is 0 Å². The minimum Gasteiger partial charge on any atom is -0.337 e. The van der Waals surface area contributed by atoms with Crippen LogP contribution in [0.25, 0.3) is 0 Å². The molecule has 3 N–H and O–H groups in total. The van der Waals surface area contributed by atoms with E-state index in [0.717, 1.165) is 0 Å². The Labute approximate surface area is 125 Å². The van der Waals surface area contributed by atoms with Crippen LogP contribution in [0.2, 0.25) is 5.02 Å². The summed E-state index contributed by atoms with van der Waals surface area (Å²) in [6.07, 6.45) is 0. The first-order chi connectivity index (χ1) is 9.35. The number of hydrogen-bond donors (Lipinski definition) is 2. The third kappa shape index (κ3) is 4.65. The number of anilines is 1. The van der Waals surface area contributed by atoms with Gasteiger partial charge in [0.15, 0.2) is 0 Å². The number of amides is 1. The predicted molar refractivity (Wildman–Crippen MR) is 82.6 cm³/mol. The Hall–Kier alpha value is -1.33. The highest BCUT2D eigenvalue weighted by molar-refractivity contribution is 6.33. The van der Waals surface area contributed by atoms with Gasteiger partial charge in [-0.3, -0.25) is 4.79 Å². The Kier molecular flexibility index (Phi) is 6.23. The third-order valence-electron chi connectivity index (χ3n) is 2.65. The summed E-state index contributed by atoms with van der Waals surface area (Å²) in [6, 6.07) is 3.26. The van der Waals surface area contributed by atoms with E-state index in [9.17, 15) is 4.79 Å². The fourth-order valence-electron chi connectivity index (χ4n) is 1.94. The monoisotopic (exact) mass is 298 g/mol. The molecule has 0 radical (unpaired) electrons. The maximum atomic E-state index is 12.6. The molecule has 0 saturated carbocycles. The number of nitrogen functional groups attached to an aromatic ring is 1. The molecule has 0 aliphatic heterocycles. The average molecular weight is 299 g/mol. The number of rotatable bonds is 6. The maximum absolute atomic E-state index is 12.6. The zero-order chi connectivity index (χ0) is 15.3. The van der Waals surface area contributed by atoms with Gasteiger partial charge in [0, 0.05) is 13.1 Å². The van der Waals surface area contributed by atoms with Crippen molar-refractivity contribution in [2.75, 3.05) is 18.5 Å². The van der Waals surface area contributed by atoms with Gasteiger partial charge in [0.2, 0.25) is 0 Å². The van der Waals surface area contributed by atoms with Gasteiger partial charge < -0.3 is 10.3 Å². The van der Waals surface area contributed by atoms with E-state index in [2.05, 4.69) is 38.1 Å². The van der Waals surface area contributed by atoms with Crippen LogP contribution in [-0.4, -0.2) is 28.9 Å². The number of halogens is 1. The van der Waals surface area contributed by atoms with Gasteiger partial charge in [0.05, 0.1) is 5.02 Å². The summed E-state index contributed by atoms with van der Waals surface area (Å²) in [5, 5.41) is 0.339. The van der Waals surface area contributed by atoms with Crippen LogP contribution in [0.5, 0.6) is 0 Å². The smallest absolute Gasteiger partial charge is 0.274 e. The Morgan fingerprint density at radius 1 is 1.30 bits per heavy atom. The van der Waals surface area contributed by atoms with Crippen molar-refractivity contribution < 1.29 is 4.79 Å². The first kappa shape index (κ1) is 16.7. The van der Waals surface area contributed by atoms with Crippen LogP contribution in [0.1, 0.15) is 38.2 Å². The topological polar surface area (TPSA) is 71.2 Å². The maximum Gasteiger partial charge on any atom is 0.274 e. The van der Waals surface area contributed by atoms with Crippen molar-refractivity contribution in [2.45, 2.75) is 27.7 Å². The largest absolute Gasteiger partial charge is 0.337 e. The number of hydrogen-bond acceptors (Lipinski definition) is 4. The number of nitrogens with zero attached hydrogens (tertiary/aromatic N) is 2. The fourth-order valence-corrected chi connectivity index (χ4v) is 2.13. The molecule has 0 aromatic carbocycles. The zero-order valence-electron chi connectivity index (χ0n) is 12.5. The van der Waals surface area contributed by atoms with Crippen molar-refractivity contribution >= 4 is 23.3 Å². The van der Waals surface area contributed by atoms with Crippen LogP contribution in [0.3, 0.4) is 0 Å². The number of hydrazine groups is 1. The summed E-state index contributed by atoms with van der Waals surface area (Å²) in [4.78, 5) is 18.6. The molecular weight excluding hydrogens is 276 g/mol. The van der Waals surface area contributed by atoms with Crippen LogP contribution < -0.4 is 11.3 Å². The van der Waals surface area contributed by atoms with Crippen molar-refractivity contribution in [3.63, 3.8) is 0 Å². The Morgan fingerprint density at radius 3 is 2.30 bits per heavy atom. The first-order valence-electron chi connectivity index (χ1n) is 6.77. The minimum absolute atomic E-state index is 0.158. The van der Waals surface area contributed by atoms with E-state index in [0.29, 0.717) is 35.8 Å². The standard InChI is InChI=1S/C14H23ClN4O/c1-9(2)7-19(8-10(3)4)14(20)13-11(15)5-6-12(17-13)18-16/h5-6,9-10H,7-8,16H2,1-4H3,(H,17,18). The number of carbonyl (C=O) groups is 1. The molecule has 1 amide bonds.